The maximum atomic E-state index is 4.96. The highest BCUT2D eigenvalue weighted by Gasteiger charge is 2.31. The fraction of sp³-hybridized carbons (Fsp3) is 0.650. The van der Waals surface area contributed by atoms with Crippen molar-refractivity contribution in [3.05, 3.63) is 35.7 Å². The number of hydrogen-bond acceptors (Lipinski definition) is 4. The van der Waals surface area contributed by atoms with Crippen molar-refractivity contribution in [2.75, 3.05) is 39.1 Å². The number of likely N-dealkylation sites (N-methyl/N-ethyl adjacent to an activating group) is 2. The summed E-state index contributed by atoms with van der Waals surface area (Å²) in [5.41, 5.74) is 3.85. The first-order valence-electron chi connectivity index (χ1n) is 9.21. The standard InChI is InChI=1S/C20H32N4/c1-14(2)18-10-9-17-19(11-12-22(4)20(17)21-18)23(5)13-16-8-7-15(3)24(16)6/h9-10,14,16,19H,3,7-8,11-13H2,1-2,4-6H3/t16-,19?/m0/s1. The van der Waals surface area contributed by atoms with Gasteiger partial charge in [-0.1, -0.05) is 26.5 Å². The third-order valence-corrected chi connectivity index (χ3v) is 5.82. The summed E-state index contributed by atoms with van der Waals surface area (Å²) in [5, 5.41) is 0. The van der Waals surface area contributed by atoms with Crippen LogP contribution in [-0.4, -0.2) is 55.1 Å². The molecule has 0 aromatic carbocycles. The monoisotopic (exact) mass is 328 g/mol. The molecule has 4 heteroatoms. The third kappa shape index (κ3) is 3.16. The molecule has 3 heterocycles. The summed E-state index contributed by atoms with van der Waals surface area (Å²) in [6, 6.07) is 5.58. The molecule has 1 aromatic heterocycles. The minimum atomic E-state index is 0.465. The molecule has 0 aliphatic carbocycles. The SMILES string of the molecule is C=C1CC[C@@H](CN(C)C2CCN(C)c3nc(C(C)C)ccc32)N1C. The summed E-state index contributed by atoms with van der Waals surface area (Å²) in [6.45, 7) is 10.8. The second kappa shape index (κ2) is 6.75. The largest absolute Gasteiger partial charge is 0.374 e. The lowest BCUT2D eigenvalue weighted by Crippen LogP contribution is -2.41. The molecule has 24 heavy (non-hydrogen) atoms. The first kappa shape index (κ1) is 17.3. The van der Waals surface area contributed by atoms with Gasteiger partial charge in [-0.15, -0.1) is 0 Å². The molecule has 0 spiro atoms. The van der Waals surface area contributed by atoms with Crippen molar-refractivity contribution in [2.45, 2.75) is 51.1 Å². The van der Waals surface area contributed by atoms with E-state index in [2.05, 4.69) is 68.4 Å². The van der Waals surface area contributed by atoms with Gasteiger partial charge in [-0.25, -0.2) is 4.98 Å². The summed E-state index contributed by atoms with van der Waals surface area (Å²) in [6.07, 6.45) is 3.53. The van der Waals surface area contributed by atoms with Crippen molar-refractivity contribution in [3.8, 4) is 0 Å². The molecule has 2 aliphatic rings. The highest BCUT2D eigenvalue weighted by molar-refractivity contribution is 5.51. The third-order valence-electron chi connectivity index (χ3n) is 5.82. The van der Waals surface area contributed by atoms with Gasteiger partial charge in [0.1, 0.15) is 5.82 Å². The Labute approximate surface area is 147 Å². The zero-order chi connectivity index (χ0) is 17.4. The second-order valence-electron chi connectivity index (χ2n) is 7.84. The molecule has 0 radical (unpaired) electrons. The van der Waals surface area contributed by atoms with Crippen LogP contribution in [0.25, 0.3) is 0 Å². The predicted molar refractivity (Wildman–Crippen MR) is 102 cm³/mol. The molecular formula is C20H32N4. The number of hydrogen-bond donors (Lipinski definition) is 0. The topological polar surface area (TPSA) is 22.6 Å². The predicted octanol–water partition coefficient (Wildman–Crippen LogP) is 3.63. The van der Waals surface area contributed by atoms with Crippen LogP contribution < -0.4 is 4.90 Å². The van der Waals surface area contributed by atoms with Crippen molar-refractivity contribution in [3.63, 3.8) is 0 Å². The van der Waals surface area contributed by atoms with Crippen LogP contribution in [0, 0.1) is 0 Å². The summed E-state index contributed by atoms with van der Waals surface area (Å²) >= 11 is 0. The summed E-state index contributed by atoms with van der Waals surface area (Å²) < 4.78 is 0. The fourth-order valence-corrected chi connectivity index (χ4v) is 4.03. The molecule has 2 atom stereocenters. The van der Waals surface area contributed by atoms with Gasteiger partial charge in [0.15, 0.2) is 0 Å². The number of aromatic nitrogens is 1. The zero-order valence-corrected chi connectivity index (χ0v) is 15.9. The Balaban J connectivity index is 1.80. The Morgan fingerprint density at radius 2 is 2.04 bits per heavy atom. The lowest BCUT2D eigenvalue weighted by atomic mass is 9.96. The van der Waals surface area contributed by atoms with Crippen molar-refractivity contribution in [1.82, 2.24) is 14.8 Å². The molecule has 3 rings (SSSR count). The van der Waals surface area contributed by atoms with Gasteiger partial charge in [0.2, 0.25) is 0 Å². The van der Waals surface area contributed by atoms with E-state index in [-0.39, 0.29) is 0 Å². The number of likely N-dealkylation sites (tertiary alicyclic amines) is 1. The van der Waals surface area contributed by atoms with E-state index >= 15 is 0 Å². The quantitative estimate of drug-likeness (QED) is 0.842. The van der Waals surface area contributed by atoms with Gasteiger partial charge in [-0.2, -0.15) is 0 Å². The van der Waals surface area contributed by atoms with E-state index in [0.29, 0.717) is 18.0 Å². The number of rotatable bonds is 4. The zero-order valence-electron chi connectivity index (χ0n) is 15.9. The number of allylic oxidation sites excluding steroid dienone is 1. The Kier molecular flexibility index (Phi) is 4.86. The van der Waals surface area contributed by atoms with E-state index < -0.39 is 0 Å². The molecule has 0 bridgehead atoms. The Morgan fingerprint density at radius 3 is 2.67 bits per heavy atom. The van der Waals surface area contributed by atoms with Crippen LogP contribution in [0.3, 0.4) is 0 Å². The van der Waals surface area contributed by atoms with E-state index in [1.54, 1.807) is 0 Å². The van der Waals surface area contributed by atoms with E-state index in [9.17, 15) is 0 Å². The Morgan fingerprint density at radius 1 is 1.29 bits per heavy atom. The summed E-state index contributed by atoms with van der Waals surface area (Å²) in [4.78, 5) is 12.2. The van der Waals surface area contributed by atoms with Gasteiger partial charge in [0.05, 0.1) is 0 Å². The van der Waals surface area contributed by atoms with E-state index in [1.807, 2.05) is 0 Å². The first-order valence-corrected chi connectivity index (χ1v) is 9.21. The van der Waals surface area contributed by atoms with E-state index in [4.69, 9.17) is 4.98 Å². The second-order valence-corrected chi connectivity index (χ2v) is 7.84. The molecule has 132 valence electrons. The van der Waals surface area contributed by atoms with Crippen LogP contribution in [-0.2, 0) is 0 Å². The smallest absolute Gasteiger partial charge is 0.133 e. The molecule has 1 fully saturated rings. The lowest BCUT2D eigenvalue weighted by molar-refractivity contribution is 0.177. The lowest BCUT2D eigenvalue weighted by Gasteiger charge is -2.39. The molecule has 1 aromatic rings. The van der Waals surface area contributed by atoms with Gasteiger partial charge >= 0.3 is 0 Å². The number of anilines is 1. The molecule has 4 nitrogen and oxygen atoms in total. The van der Waals surface area contributed by atoms with Crippen LogP contribution in [0.15, 0.2) is 24.4 Å². The van der Waals surface area contributed by atoms with Gasteiger partial charge in [-0.05, 0) is 38.3 Å². The highest BCUT2D eigenvalue weighted by atomic mass is 15.3. The molecule has 0 N–H and O–H groups in total. The van der Waals surface area contributed by atoms with Crippen molar-refractivity contribution in [2.24, 2.45) is 0 Å². The Hall–Kier alpha value is -1.55. The average molecular weight is 329 g/mol. The van der Waals surface area contributed by atoms with Crippen LogP contribution in [0.4, 0.5) is 5.82 Å². The maximum absolute atomic E-state index is 4.96. The molecule has 1 saturated heterocycles. The van der Waals surface area contributed by atoms with Gasteiger partial charge in [0, 0.05) is 56.2 Å². The van der Waals surface area contributed by atoms with Crippen LogP contribution >= 0.6 is 0 Å². The minimum Gasteiger partial charge on any atom is -0.374 e. The van der Waals surface area contributed by atoms with Crippen molar-refractivity contribution >= 4 is 5.82 Å². The van der Waals surface area contributed by atoms with Crippen LogP contribution in [0.2, 0.25) is 0 Å². The maximum Gasteiger partial charge on any atom is 0.133 e. The van der Waals surface area contributed by atoms with E-state index in [1.165, 1.54) is 35.6 Å². The van der Waals surface area contributed by atoms with Crippen molar-refractivity contribution in [1.29, 1.82) is 0 Å². The van der Waals surface area contributed by atoms with Gasteiger partial charge in [0.25, 0.3) is 0 Å². The van der Waals surface area contributed by atoms with E-state index in [0.717, 1.165) is 19.5 Å². The van der Waals surface area contributed by atoms with Crippen LogP contribution in [0.5, 0.6) is 0 Å². The number of fused-ring (bicyclic) bond motifs is 1. The van der Waals surface area contributed by atoms with Gasteiger partial charge < -0.3 is 9.80 Å². The van der Waals surface area contributed by atoms with Crippen molar-refractivity contribution < 1.29 is 0 Å². The average Bonchev–Trinajstić information content (AvgIpc) is 2.87. The summed E-state index contributed by atoms with van der Waals surface area (Å²) in [7, 11) is 6.62. The molecule has 0 saturated carbocycles. The number of pyridine rings is 1. The molecule has 1 unspecified atom stereocenters. The minimum absolute atomic E-state index is 0.465. The molecular weight excluding hydrogens is 296 g/mol. The number of nitrogens with zero attached hydrogens (tertiary/aromatic N) is 4. The van der Waals surface area contributed by atoms with Gasteiger partial charge in [-0.3, -0.25) is 4.90 Å². The Bertz CT molecular complexity index is 610. The normalized spacial score (nSPS) is 24.2. The van der Waals surface area contributed by atoms with Crippen LogP contribution in [0.1, 0.15) is 56.3 Å². The fourth-order valence-electron chi connectivity index (χ4n) is 4.03. The molecule has 2 aliphatic heterocycles. The first-order chi connectivity index (χ1) is 11.4. The highest BCUT2D eigenvalue weighted by Crippen LogP contribution is 2.37. The molecule has 0 amide bonds. The summed E-state index contributed by atoms with van der Waals surface area (Å²) in [5.74, 6) is 1.65.